The molecule has 78 valence electrons. The van der Waals surface area contributed by atoms with Crippen molar-refractivity contribution < 1.29 is 0 Å². The summed E-state index contributed by atoms with van der Waals surface area (Å²) in [6.45, 7) is 2.42. The minimum Gasteiger partial charge on any atom is -0.306 e. The molecule has 1 fully saturated rings. The van der Waals surface area contributed by atoms with E-state index in [1.54, 1.807) is 0 Å². The molecule has 0 radical (unpaired) electrons. The van der Waals surface area contributed by atoms with Gasteiger partial charge in [-0.2, -0.15) is 0 Å². The number of hydrogen-bond donors (Lipinski definition) is 2. The molecule has 0 saturated heterocycles. The number of hydrazine groups is 2. The topological polar surface area (TPSA) is 27.3 Å². The van der Waals surface area contributed by atoms with E-state index in [1.807, 2.05) is 0 Å². The van der Waals surface area contributed by atoms with Gasteiger partial charge in [0.05, 0.1) is 5.70 Å². The molecule has 0 aromatic rings. The Morgan fingerprint density at radius 2 is 1.93 bits per heavy atom. The van der Waals surface area contributed by atoms with Crippen LogP contribution in [0.15, 0.2) is 11.4 Å². The molecule has 0 spiro atoms. The number of hydrogen-bond acceptors (Lipinski definition) is 3. The second kappa shape index (κ2) is 2.89. The van der Waals surface area contributed by atoms with Gasteiger partial charge in [-0.3, -0.25) is 5.01 Å². The summed E-state index contributed by atoms with van der Waals surface area (Å²) >= 11 is 0. The molecule has 1 heterocycles. The minimum atomic E-state index is 0.994. The molecule has 0 bridgehead atoms. The lowest BCUT2D eigenvalue weighted by Crippen LogP contribution is -2.34. The third kappa shape index (κ3) is 1.15. The van der Waals surface area contributed by atoms with E-state index in [0.717, 1.165) is 17.8 Å². The Kier molecular flexibility index (Phi) is 1.78. The van der Waals surface area contributed by atoms with E-state index in [9.17, 15) is 0 Å². The molecule has 3 atom stereocenters. The highest BCUT2D eigenvalue weighted by molar-refractivity contribution is 5.17. The van der Waals surface area contributed by atoms with Gasteiger partial charge in [0.2, 0.25) is 0 Å². The van der Waals surface area contributed by atoms with Crippen molar-refractivity contribution in [2.45, 2.75) is 32.6 Å². The van der Waals surface area contributed by atoms with E-state index in [1.165, 1.54) is 37.1 Å². The molecule has 14 heavy (non-hydrogen) atoms. The van der Waals surface area contributed by atoms with Crippen LogP contribution in [0.5, 0.6) is 0 Å². The number of nitrogens with zero attached hydrogens (tertiary/aromatic N) is 1. The van der Waals surface area contributed by atoms with Crippen molar-refractivity contribution in [3.05, 3.63) is 11.4 Å². The molecule has 1 aliphatic heterocycles. The molecule has 3 nitrogen and oxygen atoms in total. The Morgan fingerprint density at radius 1 is 1.21 bits per heavy atom. The number of fused-ring (bicyclic) bond motifs is 1. The van der Waals surface area contributed by atoms with E-state index in [4.69, 9.17) is 0 Å². The molecule has 3 aliphatic rings. The van der Waals surface area contributed by atoms with Crippen molar-refractivity contribution in [3.8, 4) is 0 Å². The number of allylic oxidation sites excluding steroid dienone is 2. The van der Waals surface area contributed by atoms with Gasteiger partial charge in [0, 0.05) is 12.7 Å². The minimum absolute atomic E-state index is 0.994. The van der Waals surface area contributed by atoms with E-state index in [2.05, 4.69) is 29.9 Å². The van der Waals surface area contributed by atoms with Crippen LogP contribution in [-0.4, -0.2) is 12.1 Å². The van der Waals surface area contributed by atoms with Crippen molar-refractivity contribution in [1.82, 2.24) is 16.0 Å². The maximum Gasteiger partial charge on any atom is 0.0511 e. The summed E-state index contributed by atoms with van der Waals surface area (Å²) in [5.74, 6) is 3.04. The van der Waals surface area contributed by atoms with Gasteiger partial charge in [-0.1, -0.05) is 6.92 Å². The predicted octanol–water partition coefficient (Wildman–Crippen LogP) is 1.61. The highest BCUT2D eigenvalue weighted by atomic mass is 15.7. The summed E-state index contributed by atoms with van der Waals surface area (Å²) in [6, 6.07) is 0. The molecule has 2 aliphatic carbocycles. The van der Waals surface area contributed by atoms with E-state index < -0.39 is 0 Å². The number of rotatable bonds is 0. The van der Waals surface area contributed by atoms with Crippen LogP contribution < -0.4 is 11.0 Å². The summed E-state index contributed by atoms with van der Waals surface area (Å²) < 4.78 is 0. The molecule has 3 heteroatoms. The molecule has 0 aromatic heterocycles. The lowest BCUT2D eigenvalue weighted by Gasteiger charge is -2.15. The smallest absolute Gasteiger partial charge is 0.0511 e. The lowest BCUT2D eigenvalue weighted by molar-refractivity contribution is 0.295. The molecule has 3 unspecified atom stereocenters. The van der Waals surface area contributed by atoms with Crippen LogP contribution in [0.25, 0.3) is 0 Å². The Hall–Kier alpha value is -0.700. The SMILES string of the molecule is CC1C2CCC3=C(CCC12)N(C)NN3. The predicted molar refractivity (Wildman–Crippen MR) is 55.7 cm³/mol. The Bertz CT molecular complexity index is 284. The zero-order valence-electron chi connectivity index (χ0n) is 9.01. The van der Waals surface area contributed by atoms with Gasteiger partial charge in [-0.05, 0) is 43.4 Å². The Labute approximate surface area is 85.5 Å². The van der Waals surface area contributed by atoms with E-state index in [-0.39, 0.29) is 0 Å². The second-order valence-electron chi connectivity index (χ2n) is 4.99. The maximum absolute atomic E-state index is 3.29. The van der Waals surface area contributed by atoms with Crippen LogP contribution in [0.4, 0.5) is 0 Å². The Balaban J connectivity index is 1.77. The highest BCUT2D eigenvalue weighted by Gasteiger charge is 2.46. The summed E-state index contributed by atoms with van der Waals surface area (Å²) in [6.07, 6.45) is 5.25. The average molecular weight is 193 g/mol. The third-order valence-electron chi connectivity index (χ3n) is 4.33. The zero-order valence-corrected chi connectivity index (χ0v) is 9.01. The van der Waals surface area contributed by atoms with Crippen LogP contribution >= 0.6 is 0 Å². The maximum atomic E-state index is 3.29. The van der Waals surface area contributed by atoms with Crippen molar-refractivity contribution in [2.24, 2.45) is 17.8 Å². The van der Waals surface area contributed by atoms with Gasteiger partial charge < -0.3 is 5.43 Å². The van der Waals surface area contributed by atoms with Crippen molar-refractivity contribution in [1.29, 1.82) is 0 Å². The number of nitrogens with one attached hydrogen (secondary N) is 2. The van der Waals surface area contributed by atoms with E-state index >= 15 is 0 Å². The molecular weight excluding hydrogens is 174 g/mol. The van der Waals surface area contributed by atoms with Crippen molar-refractivity contribution >= 4 is 0 Å². The standard InChI is InChI=1S/C11H19N3/c1-7-8-3-5-10-11(6-4-9(7)8)14(2)13-12-10/h7-9,12-13H,3-6H2,1-2H3. The highest BCUT2D eigenvalue weighted by Crippen LogP contribution is 2.53. The van der Waals surface area contributed by atoms with Gasteiger partial charge in [0.15, 0.2) is 0 Å². The lowest BCUT2D eigenvalue weighted by atomic mass is 10.0. The van der Waals surface area contributed by atoms with Gasteiger partial charge in [0.1, 0.15) is 0 Å². The fourth-order valence-corrected chi connectivity index (χ4v) is 3.22. The van der Waals surface area contributed by atoms with Gasteiger partial charge in [-0.25, -0.2) is 0 Å². The van der Waals surface area contributed by atoms with Gasteiger partial charge >= 0.3 is 0 Å². The summed E-state index contributed by atoms with van der Waals surface area (Å²) in [5, 5.41) is 2.14. The average Bonchev–Trinajstić information content (AvgIpc) is 2.58. The monoisotopic (exact) mass is 193 g/mol. The first-order valence-corrected chi connectivity index (χ1v) is 5.75. The third-order valence-corrected chi connectivity index (χ3v) is 4.33. The fourth-order valence-electron chi connectivity index (χ4n) is 3.22. The van der Waals surface area contributed by atoms with Crippen LogP contribution in [0.1, 0.15) is 32.6 Å². The van der Waals surface area contributed by atoms with Gasteiger partial charge in [0.25, 0.3) is 0 Å². The first-order chi connectivity index (χ1) is 6.77. The first-order valence-electron chi connectivity index (χ1n) is 5.75. The van der Waals surface area contributed by atoms with Crippen LogP contribution in [0, 0.1) is 17.8 Å². The molecule has 0 amide bonds. The van der Waals surface area contributed by atoms with Crippen LogP contribution in [0.3, 0.4) is 0 Å². The van der Waals surface area contributed by atoms with Crippen molar-refractivity contribution in [2.75, 3.05) is 7.05 Å². The first kappa shape index (κ1) is 8.60. The normalized spacial score (nSPS) is 41.0. The second-order valence-corrected chi connectivity index (χ2v) is 4.99. The molecular formula is C11H19N3. The molecule has 2 N–H and O–H groups in total. The summed E-state index contributed by atoms with van der Waals surface area (Å²) in [4.78, 5) is 0. The Morgan fingerprint density at radius 3 is 2.71 bits per heavy atom. The fraction of sp³-hybridized carbons (Fsp3) is 0.818. The molecule has 3 rings (SSSR count). The van der Waals surface area contributed by atoms with Crippen LogP contribution in [0.2, 0.25) is 0 Å². The van der Waals surface area contributed by atoms with Crippen molar-refractivity contribution in [3.63, 3.8) is 0 Å². The quantitative estimate of drug-likeness (QED) is 0.612. The van der Waals surface area contributed by atoms with Crippen LogP contribution in [-0.2, 0) is 0 Å². The van der Waals surface area contributed by atoms with E-state index in [0.29, 0.717) is 0 Å². The van der Waals surface area contributed by atoms with Gasteiger partial charge in [-0.15, -0.1) is 5.53 Å². The molecule has 0 aromatic carbocycles. The zero-order chi connectivity index (χ0) is 9.71. The largest absolute Gasteiger partial charge is 0.306 e. The summed E-state index contributed by atoms with van der Waals surface area (Å²) in [7, 11) is 2.10. The summed E-state index contributed by atoms with van der Waals surface area (Å²) in [5.41, 5.74) is 9.38. The molecule has 1 saturated carbocycles.